The van der Waals surface area contributed by atoms with Gasteiger partial charge in [-0.15, -0.1) is 5.10 Å². The largest absolute Gasteiger partial charge is 0.492 e. The first-order valence-electron chi connectivity index (χ1n) is 8.51. The lowest BCUT2D eigenvalue weighted by Gasteiger charge is -2.10. The number of para-hydroxylation sites is 2. The smallest absolute Gasteiger partial charge is 0.214 e. The van der Waals surface area contributed by atoms with Gasteiger partial charge in [0.25, 0.3) is 0 Å². The summed E-state index contributed by atoms with van der Waals surface area (Å²) in [5, 5.41) is 12.6. The van der Waals surface area contributed by atoms with Gasteiger partial charge in [0, 0.05) is 17.7 Å². The molecule has 0 aliphatic carbocycles. The highest BCUT2D eigenvalue weighted by Gasteiger charge is 2.13. The molecule has 6 nitrogen and oxygen atoms in total. The number of carbonyl (C=O) groups excluding carboxylic acids is 1. The number of nitrogens with zero attached hydrogens (tertiary/aromatic N) is 4. The van der Waals surface area contributed by atoms with Crippen LogP contribution in [0.2, 0.25) is 0 Å². The van der Waals surface area contributed by atoms with Gasteiger partial charge in [0.2, 0.25) is 5.16 Å². The molecule has 134 valence electrons. The number of Topliss-reactive ketones (excluding diaryl/α,β-unsaturated/α-hetero) is 1. The van der Waals surface area contributed by atoms with E-state index in [0.29, 0.717) is 18.2 Å². The third-order valence-electron chi connectivity index (χ3n) is 3.71. The Morgan fingerprint density at radius 2 is 1.88 bits per heavy atom. The maximum atomic E-state index is 12.1. The lowest BCUT2D eigenvalue weighted by Crippen LogP contribution is -2.04. The fraction of sp³-hybridized carbons (Fsp3) is 0.263. The summed E-state index contributed by atoms with van der Waals surface area (Å²) < 4.78 is 7.33. The monoisotopic (exact) mass is 368 g/mol. The van der Waals surface area contributed by atoms with Crippen molar-refractivity contribution in [2.75, 3.05) is 12.4 Å². The Morgan fingerprint density at radius 3 is 2.69 bits per heavy atom. The summed E-state index contributed by atoms with van der Waals surface area (Å²) in [6.45, 7) is 2.51. The average Bonchev–Trinajstić information content (AvgIpc) is 3.15. The zero-order valence-corrected chi connectivity index (χ0v) is 15.4. The summed E-state index contributed by atoms with van der Waals surface area (Å²) in [5.41, 5.74) is 1.56. The second kappa shape index (κ2) is 9.15. The second-order valence-electron chi connectivity index (χ2n) is 5.52. The van der Waals surface area contributed by atoms with Gasteiger partial charge >= 0.3 is 0 Å². The molecule has 1 heterocycles. The number of carbonyl (C=O) groups is 1. The minimum atomic E-state index is 0.160. The van der Waals surface area contributed by atoms with Crippen LogP contribution in [0.5, 0.6) is 5.75 Å². The van der Waals surface area contributed by atoms with Gasteiger partial charge in [-0.3, -0.25) is 4.79 Å². The first-order valence-corrected chi connectivity index (χ1v) is 9.49. The van der Waals surface area contributed by atoms with Crippen LogP contribution in [0.1, 0.15) is 30.1 Å². The van der Waals surface area contributed by atoms with E-state index >= 15 is 0 Å². The van der Waals surface area contributed by atoms with Crippen LogP contribution in [0, 0.1) is 0 Å². The fourth-order valence-electron chi connectivity index (χ4n) is 2.49. The van der Waals surface area contributed by atoms with E-state index in [1.54, 1.807) is 4.68 Å². The molecule has 26 heavy (non-hydrogen) atoms. The van der Waals surface area contributed by atoms with Crippen LogP contribution in [0.3, 0.4) is 0 Å². The van der Waals surface area contributed by atoms with Gasteiger partial charge in [0.1, 0.15) is 11.4 Å². The quantitative estimate of drug-likeness (QED) is 0.325. The van der Waals surface area contributed by atoms with Crippen LogP contribution in [-0.2, 0) is 0 Å². The molecule has 0 atom stereocenters. The topological polar surface area (TPSA) is 69.9 Å². The molecule has 0 aliphatic heterocycles. The SMILES string of the molecule is CCOc1ccccc1-n1nnnc1SCCCC(=O)c1ccccc1. The van der Waals surface area contributed by atoms with Gasteiger partial charge in [-0.25, -0.2) is 0 Å². The lowest BCUT2D eigenvalue weighted by molar-refractivity contribution is 0.0982. The number of thioether (sulfide) groups is 1. The van der Waals surface area contributed by atoms with E-state index in [1.165, 1.54) is 11.8 Å². The normalized spacial score (nSPS) is 10.7. The van der Waals surface area contributed by atoms with Crippen molar-refractivity contribution < 1.29 is 9.53 Å². The van der Waals surface area contributed by atoms with Gasteiger partial charge in [-0.1, -0.05) is 54.2 Å². The molecule has 0 N–H and O–H groups in total. The molecule has 0 saturated carbocycles. The molecular formula is C19H20N4O2S. The molecule has 0 bridgehead atoms. The van der Waals surface area contributed by atoms with E-state index in [2.05, 4.69) is 15.5 Å². The fourth-order valence-corrected chi connectivity index (χ4v) is 3.32. The molecule has 3 rings (SSSR count). The predicted octanol–water partition coefficient (Wildman–Crippen LogP) is 3.82. The van der Waals surface area contributed by atoms with E-state index in [0.717, 1.165) is 29.2 Å². The van der Waals surface area contributed by atoms with E-state index in [9.17, 15) is 4.79 Å². The van der Waals surface area contributed by atoms with Crippen molar-refractivity contribution in [1.82, 2.24) is 20.2 Å². The zero-order valence-electron chi connectivity index (χ0n) is 14.5. The molecule has 7 heteroatoms. The van der Waals surface area contributed by atoms with Crippen molar-refractivity contribution in [3.8, 4) is 11.4 Å². The summed E-state index contributed by atoms with van der Waals surface area (Å²) in [6.07, 6.45) is 1.27. The summed E-state index contributed by atoms with van der Waals surface area (Å²) in [4.78, 5) is 12.1. The highest BCUT2D eigenvalue weighted by Crippen LogP contribution is 2.26. The highest BCUT2D eigenvalue weighted by atomic mass is 32.2. The first kappa shape index (κ1) is 18.1. The van der Waals surface area contributed by atoms with Crippen LogP contribution in [-0.4, -0.2) is 38.4 Å². The molecule has 3 aromatic rings. The van der Waals surface area contributed by atoms with Gasteiger partial charge in [0.05, 0.1) is 6.61 Å². The van der Waals surface area contributed by atoms with Crippen molar-refractivity contribution in [2.45, 2.75) is 24.9 Å². The molecule has 0 radical (unpaired) electrons. The number of tetrazole rings is 1. The van der Waals surface area contributed by atoms with Crippen LogP contribution >= 0.6 is 11.8 Å². The minimum Gasteiger partial charge on any atom is -0.492 e. The number of rotatable bonds is 9. The number of ether oxygens (including phenoxy) is 1. The third-order valence-corrected chi connectivity index (χ3v) is 4.71. The van der Waals surface area contributed by atoms with E-state index in [4.69, 9.17) is 4.74 Å². The van der Waals surface area contributed by atoms with Gasteiger partial charge in [0.15, 0.2) is 5.78 Å². The molecule has 0 spiro atoms. The van der Waals surface area contributed by atoms with E-state index < -0.39 is 0 Å². The van der Waals surface area contributed by atoms with Gasteiger partial charge < -0.3 is 4.74 Å². The number of hydrogen-bond acceptors (Lipinski definition) is 6. The van der Waals surface area contributed by atoms with Crippen molar-refractivity contribution in [1.29, 1.82) is 0 Å². The van der Waals surface area contributed by atoms with Crippen LogP contribution in [0.4, 0.5) is 0 Å². The predicted molar refractivity (Wildman–Crippen MR) is 101 cm³/mol. The standard InChI is InChI=1S/C19H20N4O2S/c1-2-25-18-13-7-6-11-16(18)23-19(20-21-22-23)26-14-8-12-17(24)15-9-4-3-5-10-15/h3-7,9-11,13H,2,8,12,14H2,1H3. The van der Waals surface area contributed by atoms with Crippen molar-refractivity contribution in [3.63, 3.8) is 0 Å². The van der Waals surface area contributed by atoms with Crippen molar-refractivity contribution in [3.05, 3.63) is 60.2 Å². The van der Waals surface area contributed by atoms with Crippen LogP contribution in [0.15, 0.2) is 59.8 Å². The number of hydrogen-bond donors (Lipinski definition) is 0. The van der Waals surface area contributed by atoms with E-state index in [-0.39, 0.29) is 5.78 Å². The Balaban J connectivity index is 1.59. The summed E-state index contributed by atoms with van der Waals surface area (Å²) in [6, 6.07) is 17.0. The molecule has 2 aromatic carbocycles. The zero-order chi connectivity index (χ0) is 18.2. The van der Waals surface area contributed by atoms with Crippen molar-refractivity contribution >= 4 is 17.5 Å². The third kappa shape index (κ3) is 4.49. The minimum absolute atomic E-state index is 0.160. The average molecular weight is 368 g/mol. The Bertz CT molecular complexity index is 852. The van der Waals surface area contributed by atoms with Crippen LogP contribution < -0.4 is 4.74 Å². The molecule has 0 fully saturated rings. The maximum absolute atomic E-state index is 12.1. The molecular weight excluding hydrogens is 348 g/mol. The Kier molecular flexibility index (Phi) is 6.38. The van der Waals surface area contributed by atoms with Gasteiger partial charge in [-0.05, 0) is 35.9 Å². The second-order valence-corrected chi connectivity index (χ2v) is 6.58. The Morgan fingerprint density at radius 1 is 1.12 bits per heavy atom. The number of ketones is 1. The van der Waals surface area contributed by atoms with Crippen molar-refractivity contribution in [2.24, 2.45) is 0 Å². The number of benzene rings is 2. The lowest BCUT2D eigenvalue weighted by atomic mass is 10.1. The molecule has 0 saturated heterocycles. The number of aromatic nitrogens is 4. The van der Waals surface area contributed by atoms with Gasteiger partial charge in [-0.2, -0.15) is 4.68 Å². The van der Waals surface area contributed by atoms with Crippen LogP contribution in [0.25, 0.3) is 5.69 Å². The highest BCUT2D eigenvalue weighted by molar-refractivity contribution is 7.99. The molecule has 1 aromatic heterocycles. The molecule has 0 unspecified atom stereocenters. The maximum Gasteiger partial charge on any atom is 0.214 e. The van der Waals surface area contributed by atoms with E-state index in [1.807, 2.05) is 61.5 Å². The summed E-state index contributed by atoms with van der Waals surface area (Å²) in [5.74, 6) is 1.66. The molecule has 0 aliphatic rings. The Hall–Kier alpha value is -2.67. The summed E-state index contributed by atoms with van der Waals surface area (Å²) in [7, 11) is 0. The first-order chi connectivity index (χ1) is 12.8. The Labute approximate surface area is 156 Å². The molecule has 0 amide bonds. The summed E-state index contributed by atoms with van der Waals surface area (Å²) >= 11 is 1.53.